The monoisotopic (exact) mass is 391 g/mol. The quantitative estimate of drug-likeness (QED) is 0.192. The highest BCUT2D eigenvalue weighted by molar-refractivity contribution is 5.98. The number of carbonyl (C=O) groups excluding carboxylic acids is 1. The molecule has 29 heavy (non-hydrogen) atoms. The van der Waals surface area contributed by atoms with E-state index in [4.69, 9.17) is 4.74 Å². The van der Waals surface area contributed by atoms with Gasteiger partial charge in [-0.25, -0.2) is 9.80 Å². The van der Waals surface area contributed by atoms with Gasteiger partial charge in [-0.1, -0.05) is 12.1 Å². The molecule has 9 nitrogen and oxygen atoms in total. The summed E-state index contributed by atoms with van der Waals surface area (Å²) in [5, 5.41) is 26.3. The van der Waals surface area contributed by atoms with Crippen LogP contribution in [0.5, 0.6) is 0 Å². The Morgan fingerprint density at radius 2 is 1.90 bits per heavy atom. The van der Waals surface area contributed by atoms with Crippen molar-refractivity contribution in [1.29, 1.82) is 5.26 Å². The van der Waals surface area contributed by atoms with Crippen molar-refractivity contribution in [3.05, 3.63) is 75.6 Å². The van der Waals surface area contributed by atoms with Crippen LogP contribution in [0.1, 0.15) is 12.5 Å². The molecule has 0 amide bonds. The van der Waals surface area contributed by atoms with Gasteiger partial charge in [-0.15, -0.1) is 0 Å². The van der Waals surface area contributed by atoms with Gasteiger partial charge >= 0.3 is 5.97 Å². The van der Waals surface area contributed by atoms with Crippen LogP contribution in [0.25, 0.3) is 0 Å². The Morgan fingerprint density at radius 3 is 2.48 bits per heavy atom. The minimum atomic E-state index is -0.736. The molecule has 2 aromatic carbocycles. The number of nitro groups is 1. The molecule has 0 unspecified atom stereocenters. The molecule has 9 heteroatoms. The number of esters is 1. The summed E-state index contributed by atoms with van der Waals surface area (Å²) in [5.74, 6) is -0.467. The number of para-hydroxylation sites is 2. The second-order valence-electron chi connectivity index (χ2n) is 5.98. The van der Waals surface area contributed by atoms with Gasteiger partial charge in [0.05, 0.1) is 29.1 Å². The molecule has 0 aliphatic carbocycles. The van der Waals surface area contributed by atoms with Crippen LogP contribution in [0.3, 0.4) is 0 Å². The van der Waals surface area contributed by atoms with Crippen molar-refractivity contribution in [2.75, 3.05) is 23.6 Å². The second-order valence-corrected chi connectivity index (χ2v) is 5.98. The molecular weight excluding hydrogens is 374 g/mol. The maximum absolute atomic E-state index is 12.3. The number of nitro benzene ring substituents is 1. The lowest BCUT2D eigenvalue weighted by molar-refractivity contribution is -0.384. The highest BCUT2D eigenvalue weighted by Gasteiger charge is 2.34. The number of carbonyl (C=O) groups is 1. The summed E-state index contributed by atoms with van der Waals surface area (Å²) in [6.07, 6.45) is 1.50. The average molecular weight is 391 g/mol. The molecule has 1 heterocycles. The lowest BCUT2D eigenvalue weighted by Crippen LogP contribution is -2.26. The molecular formula is C20H17N5O4. The molecule has 2 aromatic rings. The van der Waals surface area contributed by atoms with E-state index in [1.807, 2.05) is 30.3 Å². The third-order valence-electron chi connectivity index (χ3n) is 4.23. The minimum absolute atomic E-state index is 0.0249. The van der Waals surface area contributed by atoms with E-state index >= 15 is 0 Å². The normalized spacial score (nSPS) is 14.5. The van der Waals surface area contributed by atoms with E-state index in [0.717, 1.165) is 5.69 Å². The Morgan fingerprint density at radius 1 is 1.24 bits per heavy atom. The number of anilines is 2. The molecule has 0 bridgehead atoms. The van der Waals surface area contributed by atoms with Gasteiger partial charge in [-0.2, -0.15) is 10.4 Å². The number of benzene rings is 2. The number of non-ortho nitro benzene ring substituents is 1. The highest BCUT2D eigenvalue weighted by atomic mass is 16.6. The molecule has 3 rings (SSSR count). The Kier molecular flexibility index (Phi) is 5.55. The Bertz CT molecular complexity index is 1050. The average Bonchev–Trinajstić information content (AvgIpc) is 3.00. The predicted octanol–water partition coefficient (Wildman–Crippen LogP) is 3.18. The molecule has 0 N–H and O–H groups in total. The first-order valence-electron chi connectivity index (χ1n) is 8.70. The Balaban J connectivity index is 2.06. The van der Waals surface area contributed by atoms with E-state index in [-0.39, 0.29) is 23.7 Å². The maximum atomic E-state index is 12.3. The van der Waals surface area contributed by atoms with E-state index in [9.17, 15) is 20.2 Å². The Labute approximate surface area is 166 Å². The van der Waals surface area contributed by atoms with Gasteiger partial charge in [0.25, 0.3) is 5.69 Å². The van der Waals surface area contributed by atoms with E-state index < -0.39 is 10.9 Å². The minimum Gasteiger partial charge on any atom is -0.462 e. The van der Waals surface area contributed by atoms with Gasteiger partial charge in [-0.05, 0) is 36.8 Å². The maximum Gasteiger partial charge on any atom is 0.352 e. The largest absolute Gasteiger partial charge is 0.462 e. The SMILES string of the molecule is CCOC(=O)/C(C#N)=C1/N(C)c2ccccc2N1/N=C\c1ccc([N+](=O)[O-])cc1. The molecule has 146 valence electrons. The van der Waals surface area contributed by atoms with E-state index in [2.05, 4.69) is 5.10 Å². The zero-order valence-corrected chi connectivity index (χ0v) is 15.8. The lowest BCUT2D eigenvalue weighted by atomic mass is 10.2. The summed E-state index contributed by atoms with van der Waals surface area (Å²) >= 11 is 0. The third-order valence-corrected chi connectivity index (χ3v) is 4.23. The zero-order valence-electron chi connectivity index (χ0n) is 15.8. The molecule has 0 saturated carbocycles. The van der Waals surface area contributed by atoms with Crippen LogP contribution in [-0.2, 0) is 9.53 Å². The van der Waals surface area contributed by atoms with Crippen molar-refractivity contribution >= 4 is 29.2 Å². The third kappa shape index (κ3) is 3.77. The molecule has 0 fully saturated rings. The fourth-order valence-corrected chi connectivity index (χ4v) is 2.88. The van der Waals surface area contributed by atoms with Gasteiger partial charge in [0.15, 0.2) is 11.4 Å². The zero-order chi connectivity index (χ0) is 21.0. The molecule has 0 saturated heterocycles. The van der Waals surface area contributed by atoms with Crippen LogP contribution in [0.4, 0.5) is 17.1 Å². The van der Waals surface area contributed by atoms with Crippen molar-refractivity contribution in [3.63, 3.8) is 0 Å². The van der Waals surface area contributed by atoms with E-state index in [1.54, 1.807) is 31.0 Å². The first-order valence-corrected chi connectivity index (χ1v) is 8.70. The van der Waals surface area contributed by atoms with Gasteiger partial charge in [0.2, 0.25) is 0 Å². The second kappa shape index (κ2) is 8.22. The first kappa shape index (κ1) is 19.6. The summed E-state index contributed by atoms with van der Waals surface area (Å²) in [7, 11) is 1.73. The van der Waals surface area contributed by atoms with Crippen LogP contribution < -0.4 is 9.91 Å². The fourth-order valence-electron chi connectivity index (χ4n) is 2.88. The number of rotatable bonds is 5. The van der Waals surface area contributed by atoms with Crippen LogP contribution in [-0.4, -0.2) is 30.8 Å². The highest BCUT2D eigenvalue weighted by Crippen LogP contribution is 2.41. The summed E-state index contributed by atoms with van der Waals surface area (Å²) in [5.41, 5.74) is 1.87. The number of hydrazone groups is 1. The van der Waals surface area contributed by atoms with Crippen molar-refractivity contribution in [1.82, 2.24) is 0 Å². The lowest BCUT2D eigenvalue weighted by Gasteiger charge is -2.19. The molecule has 0 radical (unpaired) electrons. The molecule has 1 aliphatic rings. The first-order chi connectivity index (χ1) is 14.0. The topological polar surface area (TPSA) is 112 Å². The van der Waals surface area contributed by atoms with Crippen molar-refractivity contribution in [2.45, 2.75) is 6.92 Å². The van der Waals surface area contributed by atoms with E-state index in [0.29, 0.717) is 11.3 Å². The number of nitrogens with zero attached hydrogens (tertiary/aromatic N) is 5. The van der Waals surface area contributed by atoms with Crippen LogP contribution >= 0.6 is 0 Å². The van der Waals surface area contributed by atoms with Gasteiger partial charge < -0.3 is 9.64 Å². The molecule has 0 aromatic heterocycles. The predicted molar refractivity (Wildman–Crippen MR) is 107 cm³/mol. The smallest absolute Gasteiger partial charge is 0.352 e. The van der Waals surface area contributed by atoms with Crippen molar-refractivity contribution in [3.8, 4) is 6.07 Å². The van der Waals surface area contributed by atoms with E-state index in [1.165, 1.54) is 23.4 Å². The van der Waals surface area contributed by atoms with Crippen LogP contribution in [0.2, 0.25) is 0 Å². The summed E-state index contributed by atoms with van der Waals surface area (Å²) in [4.78, 5) is 24.3. The van der Waals surface area contributed by atoms with Gasteiger partial charge in [0.1, 0.15) is 6.07 Å². The standard InChI is InChI=1S/C20H17N5O4/c1-3-29-20(26)16(12-21)19-23(2)17-6-4-5-7-18(17)24(19)22-13-14-8-10-15(11-9-14)25(27)28/h4-11,13H,3H2,1-2H3/b19-16-,22-13-. The molecule has 1 aliphatic heterocycles. The van der Waals surface area contributed by atoms with Crippen molar-refractivity contribution < 1.29 is 14.5 Å². The molecule has 0 spiro atoms. The Hall–Kier alpha value is -4.19. The van der Waals surface area contributed by atoms with Gasteiger partial charge in [-0.3, -0.25) is 10.1 Å². The number of hydrogen-bond donors (Lipinski definition) is 0. The summed E-state index contributed by atoms with van der Waals surface area (Å²) in [6.45, 7) is 1.80. The van der Waals surface area contributed by atoms with Crippen molar-refractivity contribution in [2.24, 2.45) is 5.10 Å². The van der Waals surface area contributed by atoms with Crippen LogP contribution in [0.15, 0.2) is 65.0 Å². The number of fused-ring (bicyclic) bond motifs is 1. The fraction of sp³-hybridized carbons (Fsp3) is 0.150. The summed E-state index contributed by atoms with van der Waals surface area (Å²) < 4.78 is 5.01. The number of nitriles is 1. The summed E-state index contributed by atoms with van der Waals surface area (Å²) in [6, 6.07) is 15.1. The molecule has 0 atom stereocenters. The number of hydrogen-bond acceptors (Lipinski definition) is 8. The van der Waals surface area contributed by atoms with Crippen LogP contribution in [0, 0.1) is 21.4 Å². The number of ether oxygens (including phenoxy) is 1. The van der Waals surface area contributed by atoms with Gasteiger partial charge in [0, 0.05) is 19.2 Å².